The molecule has 2 aliphatic heterocycles. The second kappa shape index (κ2) is 17.9. The van der Waals surface area contributed by atoms with Gasteiger partial charge in [-0.15, -0.1) is 0 Å². The van der Waals surface area contributed by atoms with E-state index in [9.17, 15) is 28.0 Å². The standard InChI is InChI=1S/C43H55F6N9O4/c1-21(2)34(54-38(59)23(5)50-7)40(61)57-19-42(46,47)16-27(57)15-30-29-11-9-25(44)13-31(29)52-36(30)37-53-32-14-26(45)10-12-33(32)56(37)18-28-17-43(48,49)20-58(28)41(62)35(22(3)4)55-39(60)24(6)51-8/h9-14,21-24,27-28,34-35,50-52H,15-20H2,1-8H3,(H,54,59)(H,55,60)/t23-,24-,27+,28-,34-,35-/m0/s1. The molecule has 0 bridgehead atoms. The summed E-state index contributed by atoms with van der Waals surface area (Å²) in [7, 11) is 3.13. The molecule has 4 heterocycles. The van der Waals surface area contributed by atoms with Crippen LogP contribution in [-0.4, -0.2) is 123 Å². The first kappa shape index (κ1) is 46.3. The van der Waals surface area contributed by atoms with E-state index in [1.165, 1.54) is 28.8 Å². The number of aromatic nitrogens is 3. The summed E-state index contributed by atoms with van der Waals surface area (Å²) in [5.74, 6) is -11.2. The zero-order chi connectivity index (χ0) is 45.6. The molecule has 4 aromatic rings. The Kier molecular flexibility index (Phi) is 13.4. The van der Waals surface area contributed by atoms with Crippen molar-refractivity contribution < 1.29 is 45.5 Å². The number of halogens is 6. The van der Waals surface area contributed by atoms with Crippen molar-refractivity contribution in [3.63, 3.8) is 0 Å². The molecule has 0 spiro atoms. The van der Waals surface area contributed by atoms with Gasteiger partial charge >= 0.3 is 0 Å². The second-order valence-corrected chi connectivity index (χ2v) is 17.4. The Bertz CT molecular complexity index is 2170. The molecule has 6 atom stereocenters. The lowest BCUT2D eigenvalue weighted by molar-refractivity contribution is -0.140. The molecule has 6 rings (SSSR count). The van der Waals surface area contributed by atoms with Crippen molar-refractivity contribution in [1.29, 1.82) is 0 Å². The van der Waals surface area contributed by atoms with Gasteiger partial charge in [-0.05, 0) is 82.1 Å². The quantitative estimate of drug-likeness (QED) is 0.106. The van der Waals surface area contributed by atoms with Gasteiger partial charge in [0, 0.05) is 42.4 Å². The summed E-state index contributed by atoms with van der Waals surface area (Å²) < 4.78 is 93.1. The summed E-state index contributed by atoms with van der Waals surface area (Å²) in [4.78, 5) is 64.1. The summed E-state index contributed by atoms with van der Waals surface area (Å²) in [5.41, 5.74) is 1.18. The number of fused-ring (bicyclic) bond motifs is 2. The Balaban J connectivity index is 1.44. The van der Waals surface area contributed by atoms with Gasteiger partial charge in [-0.1, -0.05) is 27.7 Å². The number of aromatic amines is 1. The van der Waals surface area contributed by atoms with E-state index in [0.717, 1.165) is 21.9 Å². The van der Waals surface area contributed by atoms with Gasteiger partial charge in [-0.2, -0.15) is 0 Å². The van der Waals surface area contributed by atoms with E-state index in [-0.39, 0.29) is 35.5 Å². The number of likely N-dealkylation sites (N-methyl/N-ethyl adjacent to an activating group) is 2. The first-order valence-corrected chi connectivity index (χ1v) is 20.8. The lowest BCUT2D eigenvalue weighted by Gasteiger charge is -2.32. The van der Waals surface area contributed by atoms with Crippen molar-refractivity contribution >= 4 is 45.6 Å². The predicted molar refractivity (Wildman–Crippen MR) is 221 cm³/mol. The minimum absolute atomic E-state index is 0.0624. The second-order valence-electron chi connectivity index (χ2n) is 17.4. The Hall–Kier alpha value is -5.17. The number of hydrogen-bond donors (Lipinski definition) is 5. The van der Waals surface area contributed by atoms with E-state index >= 15 is 17.6 Å². The van der Waals surface area contributed by atoms with Gasteiger partial charge in [-0.25, -0.2) is 31.3 Å². The molecule has 338 valence electrons. The van der Waals surface area contributed by atoms with Crippen LogP contribution in [0.25, 0.3) is 33.5 Å². The molecular weight excluding hydrogens is 821 g/mol. The van der Waals surface area contributed by atoms with E-state index in [2.05, 4.69) is 26.3 Å². The van der Waals surface area contributed by atoms with Gasteiger partial charge in [-0.3, -0.25) is 19.2 Å². The summed E-state index contributed by atoms with van der Waals surface area (Å²) in [6, 6.07) is 1.61. The lowest BCUT2D eigenvalue weighted by Crippen LogP contribution is -2.56. The molecule has 0 aliphatic carbocycles. The molecule has 0 unspecified atom stereocenters. The highest BCUT2D eigenvalue weighted by Gasteiger charge is 2.51. The third-order valence-electron chi connectivity index (χ3n) is 12.1. The number of nitrogens with zero attached hydrogens (tertiary/aromatic N) is 4. The van der Waals surface area contributed by atoms with E-state index in [1.807, 2.05) is 0 Å². The molecule has 0 saturated carbocycles. The number of hydrogen-bond acceptors (Lipinski definition) is 7. The topological polar surface area (TPSA) is 156 Å². The number of amides is 4. The Morgan fingerprint density at radius 2 is 1.26 bits per heavy atom. The highest BCUT2D eigenvalue weighted by Crippen LogP contribution is 2.41. The lowest BCUT2D eigenvalue weighted by atomic mass is 9.97. The number of H-pyrrole nitrogens is 1. The SMILES string of the molecule is CN[C@@H](C)C(=O)N[C@H](C(=O)N1CC(F)(F)C[C@H]1Cc1c(-c2nc3cc(F)ccc3n2C[C@@H]2CC(F)(F)CN2C(=O)[C@@H](NC(=O)[C@H](C)NC)C(C)C)[nH]c2cc(F)ccc12)C(C)C. The van der Waals surface area contributed by atoms with E-state index < -0.39 is 121 Å². The number of nitrogens with one attached hydrogen (secondary N) is 5. The van der Waals surface area contributed by atoms with Crippen molar-refractivity contribution in [2.75, 3.05) is 27.2 Å². The average molecular weight is 876 g/mol. The number of imidazole rings is 1. The van der Waals surface area contributed by atoms with Crippen LogP contribution in [0, 0.1) is 23.5 Å². The van der Waals surface area contributed by atoms with Crippen LogP contribution in [0.3, 0.4) is 0 Å². The highest BCUT2D eigenvalue weighted by molar-refractivity contribution is 5.93. The minimum atomic E-state index is -3.32. The smallest absolute Gasteiger partial charge is 0.267 e. The van der Waals surface area contributed by atoms with Crippen LogP contribution in [0.1, 0.15) is 59.9 Å². The van der Waals surface area contributed by atoms with Gasteiger partial charge in [0.25, 0.3) is 11.8 Å². The van der Waals surface area contributed by atoms with Crippen molar-refractivity contribution in [2.45, 2.75) is 115 Å². The van der Waals surface area contributed by atoms with Crippen LogP contribution in [-0.2, 0) is 32.1 Å². The predicted octanol–water partition coefficient (Wildman–Crippen LogP) is 4.98. The maximum atomic E-state index is 15.5. The molecule has 0 radical (unpaired) electrons. The van der Waals surface area contributed by atoms with Crippen LogP contribution in [0.4, 0.5) is 26.3 Å². The van der Waals surface area contributed by atoms with Crippen LogP contribution in [0.15, 0.2) is 36.4 Å². The van der Waals surface area contributed by atoms with Gasteiger partial charge < -0.3 is 40.6 Å². The number of carbonyl (C=O) groups is 4. The maximum absolute atomic E-state index is 15.5. The zero-order valence-electron chi connectivity index (χ0n) is 36.0. The van der Waals surface area contributed by atoms with Crippen molar-refractivity contribution in [2.24, 2.45) is 11.8 Å². The fourth-order valence-corrected chi connectivity index (χ4v) is 8.42. The summed E-state index contributed by atoms with van der Waals surface area (Å²) in [6.07, 6.45) is -1.71. The first-order chi connectivity index (χ1) is 29.0. The third-order valence-corrected chi connectivity index (χ3v) is 12.1. The highest BCUT2D eigenvalue weighted by atomic mass is 19.3. The van der Waals surface area contributed by atoms with E-state index in [0.29, 0.717) is 16.5 Å². The van der Waals surface area contributed by atoms with Crippen LogP contribution < -0.4 is 21.3 Å². The maximum Gasteiger partial charge on any atom is 0.267 e. The van der Waals surface area contributed by atoms with Gasteiger partial charge in [0.15, 0.2) is 5.82 Å². The molecule has 2 saturated heterocycles. The fraction of sp³-hybridized carbons (Fsp3) is 0.558. The summed E-state index contributed by atoms with van der Waals surface area (Å²) in [5, 5.41) is 11.4. The average Bonchev–Trinajstić information content (AvgIpc) is 3.92. The number of likely N-dealkylation sites (tertiary alicyclic amines) is 2. The molecule has 2 aliphatic rings. The fourth-order valence-electron chi connectivity index (χ4n) is 8.42. The number of carbonyl (C=O) groups excluding carboxylic acids is 4. The minimum Gasteiger partial charge on any atom is -0.352 e. The molecule has 13 nitrogen and oxygen atoms in total. The van der Waals surface area contributed by atoms with Gasteiger partial charge in [0.05, 0.1) is 47.9 Å². The zero-order valence-corrected chi connectivity index (χ0v) is 36.0. The number of alkyl halides is 4. The van der Waals surface area contributed by atoms with Crippen LogP contribution >= 0.6 is 0 Å². The molecule has 2 aromatic heterocycles. The van der Waals surface area contributed by atoms with Gasteiger partial charge in [0.1, 0.15) is 23.7 Å². The Labute approximate surface area is 355 Å². The first-order valence-electron chi connectivity index (χ1n) is 20.8. The van der Waals surface area contributed by atoms with Crippen molar-refractivity contribution in [1.82, 2.24) is 45.6 Å². The molecular formula is C43H55F6N9O4. The monoisotopic (exact) mass is 875 g/mol. The Morgan fingerprint density at radius 3 is 1.79 bits per heavy atom. The molecule has 4 amide bonds. The summed E-state index contributed by atoms with van der Waals surface area (Å²) >= 11 is 0. The van der Waals surface area contributed by atoms with Crippen LogP contribution in [0.2, 0.25) is 0 Å². The van der Waals surface area contributed by atoms with Crippen molar-refractivity contribution in [3.05, 3.63) is 53.6 Å². The normalized spacial score (nSPS) is 20.6. The Morgan fingerprint density at radius 1 is 0.758 bits per heavy atom. The molecule has 19 heteroatoms. The molecule has 5 N–H and O–H groups in total. The number of benzene rings is 2. The number of rotatable bonds is 15. The van der Waals surface area contributed by atoms with E-state index in [4.69, 9.17) is 4.98 Å². The molecule has 62 heavy (non-hydrogen) atoms. The molecule has 2 aromatic carbocycles. The van der Waals surface area contributed by atoms with Crippen LogP contribution in [0.5, 0.6) is 0 Å². The van der Waals surface area contributed by atoms with E-state index in [1.54, 1.807) is 55.6 Å². The largest absolute Gasteiger partial charge is 0.352 e. The van der Waals surface area contributed by atoms with Crippen molar-refractivity contribution in [3.8, 4) is 11.5 Å². The third kappa shape index (κ3) is 9.57. The molecule has 2 fully saturated rings. The summed E-state index contributed by atoms with van der Waals surface area (Å²) in [6.45, 7) is 7.78. The van der Waals surface area contributed by atoms with Gasteiger partial charge in [0.2, 0.25) is 23.6 Å².